The molecule has 0 saturated carbocycles. The van der Waals surface area contributed by atoms with E-state index in [4.69, 9.17) is 12.2 Å². The molecular weight excluding hydrogens is 345 g/mol. The molecule has 8 heteroatoms. The molecule has 5 nitrogen and oxygen atoms in total. The van der Waals surface area contributed by atoms with Gasteiger partial charge in [-0.25, -0.2) is 9.37 Å². The predicted molar refractivity (Wildman–Crippen MR) is 95.9 cm³/mol. The van der Waals surface area contributed by atoms with Crippen LogP contribution in [0.1, 0.15) is 23.4 Å². The molecule has 2 aliphatic rings. The minimum absolute atomic E-state index is 0.240. The summed E-state index contributed by atoms with van der Waals surface area (Å²) in [7, 11) is 0. The van der Waals surface area contributed by atoms with E-state index in [9.17, 15) is 9.65 Å². The Kier molecular flexibility index (Phi) is 3.44. The minimum Gasteiger partial charge on any atom is -0.268 e. The first-order chi connectivity index (χ1) is 11.5. The minimum atomic E-state index is -0.479. The number of aryl methyl sites for hydroxylation is 1. The Morgan fingerprint density at radius 3 is 2.75 bits per heavy atom. The molecule has 1 aromatic carbocycles. The van der Waals surface area contributed by atoms with Gasteiger partial charge >= 0.3 is 0 Å². The fourth-order valence-electron chi connectivity index (χ4n) is 3.23. The molecule has 2 aliphatic heterocycles. The number of benzene rings is 1. The van der Waals surface area contributed by atoms with Gasteiger partial charge in [0.15, 0.2) is 0 Å². The van der Waals surface area contributed by atoms with Gasteiger partial charge in [0.05, 0.1) is 15.3 Å². The van der Waals surface area contributed by atoms with E-state index in [-0.39, 0.29) is 5.56 Å². The lowest BCUT2D eigenvalue weighted by atomic mass is 10.1. The number of anilines is 1. The normalized spacial score (nSPS) is 17.6. The summed E-state index contributed by atoms with van der Waals surface area (Å²) in [4.78, 5) is 6.08. The standard InChI is InChI=1S/C16H14FN5S2/c1-9-19-13-11(8-18)7-12(17)14(15(13)24-9)22-10(2)20-5-3-4-6-21(20)16(22)23/h7H,2-6H2,1H3. The molecule has 0 aliphatic carbocycles. The van der Waals surface area contributed by atoms with Gasteiger partial charge in [-0.3, -0.25) is 14.9 Å². The third-order valence-electron chi connectivity index (χ3n) is 4.30. The fourth-order valence-corrected chi connectivity index (χ4v) is 4.59. The Hall–Kier alpha value is -2.24. The summed E-state index contributed by atoms with van der Waals surface area (Å²) >= 11 is 6.95. The maximum atomic E-state index is 14.9. The Balaban J connectivity index is 1.94. The van der Waals surface area contributed by atoms with Crippen molar-refractivity contribution in [3.8, 4) is 6.07 Å². The van der Waals surface area contributed by atoms with Crippen LogP contribution in [0.3, 0.4) is 0 Å². The molecule has 0 radical (unpaired) electrons. The van der Waals surface area contributed by atoms with Gasteiger partial charge in [0, 0.05) is 13.1 Å². The number of thiocarbonyl (C=S) groups is 1. The number of thiazole rings is 1. The first-order valence-corrected chi connectivity index (χ1v) is 8.83. The Morgan fingerprint density at radius 2 is 2.08 bits per heavy atom. The number of nitriles is 1. The first-order valence-electron chi connectivity index (χ1n) is 7.60. The summed E-state index contributed by atoms with van der Waals surface area (Å²) in [5.74, 6) is 0.169. The number of fused-ring (bicyclic) bond motifs is 2. The fraction of sp³-hybridized carbons (Fsp3) is 0.312. The van der Waals surface area contributed by atoms with Crippen molar-refractivity contribution in [3.63, 3.8) is 0 Å². The van der Waals surface area contributed by atoms with Crippen LogP contribution in [0.25, 0.3) is 10.2 Å². The highest BCUT2D eigenvalue weighted by molar-refractivity contribution is 7.80. The molecule has 1 aromatic heterocycles. The predicted octanol–water partition coefficient (Wildman–Crippen LogP) is 3.50. The van der Waals surface area contributed by atoms with Crippen molar-refractivity contribution in [2.24, 2.45) is 0 Å². The molecule has 2 saturated heterocycles. The van der Waals surface area contributed by atoms with Gasteiger partial charge in [-0.1, -0.05) is 6.58 Å². The largest absolute Gasteiger partial charge is 0.268 e. The zero-order valence-electron chi connectivity index (χ0n) is 13.0. The highest BCUT2D eigenvalue weighted by atomic mass is 32.1. The summed E-state index contributed by atoms with van der Waals surface area (Å²) in [5, 5.41) is 14.6. The SMILES string of the molecule is C=C1N(c2c(F)cc(C#N)c3nc(C)sc23)C(=S)N2CCCCN12. The van der Waals surface area contributed by atoms with E-state index in [2.05, 4.69) is 11.6 Å². The van der Waals surface area contributed by atoms with Gasteiger partial charge in [-0.05, 0) is 38.0 Å². The van der Waals surface area contributed by atoms with Gasteiger partial charge in [-0.2, -0.15) is 5.26 Å². The average Bonchev–Trinajstić information content (AvgIpc) is 3.07. The average molecular weight is 359 g/mol. The monoisotopic (exact) mass is 359 g/mol. The zero-order valence-corrected chi connectivity index (χ0v) is 14.7. The molecule has 0 bridgehead atoms. The van der Waals surface area contributed by atoms with Crippen LogP contribution >= 0.6 is 23.6 Å². The van der Waals surface area contributed by atoms with Crippen molar-refractivity contribution in [3.05, 3.63) is 34.9 Å². The molecule has 24 heavy (non-hydrogen) atoms. The number of rotatable bonds is 1. The van der Waals surface area contributed by atoms with Crippen molar-refractivity contribution in [1.82, 2.24) is 15.0 Å². The second-order valence-corrected chi connectivity index (χ2v) is 7.33. The molecule has 4 rings (SSSR count). The number of hydrogen-bond donors (Lipinski definition) is 0. The summed E-state index contributed by atoms with van der Waals surface area (Å²) in [6, 6.07) is 3.26. The third-order valence-corrected chi connectivity index (χ3v) is 5.67. The second kappa shape index (κ2) is 5.40. The van der Waals surface area contributed by atoms with Gasteiger partial charge in [0.1, 0.15) is 28.9 Å². The maximum Gasteiger partial charge on any atom is 0.201 e. The second-order valence-electron chi connectivity index (χ2n) is 5.76. The van der Waals surface area contributed by atoms with Crippen molar-refractivity contribution in [2.75, 3.05) is 18.0 Å². The van der Waals surface area contributed by atoms with Gasteiger partial charge in [0.2, 0.25) is 5.11 Å². The van der Waals surface area contributed by atoms with E-state index in [1.807, 2.05) is 23.0 Å². The highest BCUT2D eigenvalue weighted by Crippen LogP contribution is 2.41. The number of halogens is 1. The van der Waals surface area contributed by atoms with E-state index in [0.717, 1.165) is 30.9 Å². The van der Waals surface area contributed by atoms with Crippen LogP contribution in [-0.2, 0) is 0 Å². The lowest BCUT2D eigenvalue weighted by molar-refractivity contribution is 0.0757. The molecule has 0 amide bonds. The summed E-state index contributed by atoms with van der Waals surface area (Å²) < 4.78 is 15.5. The van der Waals surface area contributed by atoms with Gasteiger partial charge < -0.3 is 0 Å². The number of aromatic nitrogens is 1. The maximum absolute atomic E-state index is 14.9. The molecule has 0 N–H and O–H groups in total. The first kappa shape index (κ1) is 15.3. The molecule has 0 spiro atoms. The van der Waals surface area contributed by atoms with Crippen LogP contribution in [0.5, 0.6) is 0 Å². The molecule has 0 unspecified atom stereocenters. The Bertz CT molecular complexity index is 905. The molecule has 2 fully saturated rings. The van der Waals surface area contributed by atoms with Crippen LogP contribution in [0, 0.1) is 24.1 Å². The van der Waals surface area contributed by atoms with Crippen LogP contribution in [0.15, 0.2) is 18.5 Å². The third kappa shape index (κ3) is 2.01. The van der Waals surface area contributed by atoms with Crippen LogP contribution in [0.4, 0.5) is 10.1 Å². The van der Waals surface area contributed by atoms with Gasteiger partial charge in [0.25, 0.3) is 0 Å². The van der Waals surface area contributed by atoms with E-state index in [1.165, 1.54) is 17.4 Å². The Morgan fingerprint density at radius 1 is 1.38 bits per heavy atom. The van der Waals surface area contributed by atoms with E-state index in [1.54, 1.807) is 4.90 Å². The quantitative estimate of drug-likeness (QED) is 0.726. The van der Waals surface area contributed by atoms with E-state index < -0.39 is 5.82 Å². The number of hydrogen-bond acceptors (Lipinski definition) is 5. The van der Waals surface area contributed by atoms with Crippen LogP contribution < -0.4 is 4.90 Å². The van der Waals surface area contributed by atoms with Crippen LogP contribution in [0.2, 0.25) is 0 Å². The van der Waals surface area contributed by atoms with Crippen molar-refractivity contribution in [1.29, 1.82) is 5.26 Å². The topological polar surface area (TPSA) is 46.4 Å². The van der Waals surface area contributed by atoms with Crippen molar-refractivity contribution >= 4 is 44.6 Å². The molecule has 0 atom stereocenters. The van der Waals surface area contributed by atoms with Crippen LogP contribution in [-0.4, -0.2) is 33.2 Å². The van der Waals surface area contributed by atoms with Crippen molar-refractivity contribution in [2.45, 2.75) is 19.8 Å². The van der Waals surface area contributed by atoms with E-state index in [0.29, 0.717) is 26.8 Å². The number of nitrogens with zero attached hydrogens (tertiary/aromatic N) is 5. The molecular formula is C16H14FN5S2. The summed E-state index contributed by atoms with van der Waals surface area (Å²) in [6.45, 7) is 7.58. The summed E-state index contributed by atoms with van der Waals surface area (Å²) in [5.41, 5.74) is 1.11. The molecule has 122 valence electrons. The van der Waals surface area contributed by atoms with Gasteiger partial charge in [-0.15, -0.1) is 11.3 Å². The van der Waals surface area contributed by atoms with Crippen molar-refractivity contribution < 1.29 is 4.39 Å². The Labute approximate surface area is 148 Å². The highest BCUT2D eigenvalue weighted by Gasteiger charge is 2.40. The lowest BCUT2D eigenvalue weighted by Crippen LogP contribution is -2.42. The molecule has 3 heterocycles. The number of hydrazine groups is 1. The van der Waals surface area contributed by atoms with E-state index >= 15 is 0 Å². The smallest absolute Gasteiger partial charge is 0.201 e. The molecule has 2 aromatic rings. The lowest BCUT2D eigenvalue weighted by Gasteiger charge is -2.33. The summed E-state index contributed by atoms with van der Waals surface area (Å²) in [6.07, 6.45) is 2.10. The zero-order chi connectivity index (χ0) is 17.0.